The molecule has 0 fully saturated rings. The van der Waals surface area contributed by atoms with Gasteiger partial charge in [-0.2, -0.15) is 11.3 Å². The number of carboxylic acids is 1. The summed E-state index contributed by atoms with van der Waals surface area (Å²) in [5.41, 5.74) is 1.95. The maximum absolute atomic E-state index is 12.0. The van der Waals surface area contributed by atoms with Crippen LogP contribution < -0.4 is 5.32 Å². The number of carbonyl (C=O) groups is 2. The van der Waals surface area contributed by atoms with Crippen molar-refractivity contribution >= 4 is 40.5 Å². The van der Waals surface area contributed by atoms with Crippen molar-refractivity contribution < 1.29 is 14.7 Å². The zero-order valence-electron chi connectivity index (χ0n) is 9.94. The van der Waals surface area contributed by atoms with Crippen LogP contribution in [0.5, 0.6) is 0 Å². The van der Waals surface area contributed by atoms with E-state index in [9.17, 15) is 9.59 Å². The fourth-order valence-corrected chi connectivity index (χ4v) is 2.59. The Bertz CT molecular complexity index is 651. The van der Waals surface area contributed by atoms with Crippen LogP contribution >= 0.6 is 22.9 Å². The highest BCUT2D eigenvalue weighted by atomic mass is 35.5. The normalized spacial score (nSPS) is 10.2. The van der Waals surface area contributed by atoms with Gasteiger partial charge in [-0.25, -0.2) is 4.79 Å². The first-order valence-electron chi connectivity index (χ1n) is 5.36. The summed E-state index contributed by atoms with van der Waals surface area (Å²) in [6, 6.07) is 4.18. The summed E-state index contributed by atoms with van der Waals surface area (Å²) in [5.74, 6) is -1.32. The number of rotatable bonds is 3. The lowest BCUT2D eigenvalue weighted by Crippen LogP contribution is -2.12. The van der Waals surface area contributed by atoms with E-state index in [4.69, 9.17) is 16.7 Å². The van der Waals surface area contributed by atoms with Gasteiger partial charge in [-0.3, -0.25) is 4.79 Å². The van der Waals surface area contributed by atoms with Gasteiger partial charge in [0.1, 0.15) is 0 Å². The van der Waals surface area contributed by atoms with Gasteiger partial charge >= 0.3 is 5.97 Å². The van der Waals surface area contributed by atoms with E-state index >= 15 is 0 Å². The van der Waals surface area contributed by atoms with Crippen LogP contribution in [0.3, 0.4) is 0 Å². The number of carboxylic acid groups (broad SMARTS) is 1. The predicted molar refractivity (Wildman–Crippen MR) is 75.4 cm³/mol. The van der Waals surface area contributed by atoms with E-state index in [1.165, 1.54) is 29.5 Å². The minimum absolute atomic E-state index is 0.0784. The van der Waals surface area contributed by atoms with Crippen LogP contribution in [0.1, 0.15) is 26.3 Å². The molecule has 2 N–H and O–H groups in total. The zero-order valence-corrected chi connectivity index (χ0v) is 11.5. The highest BCUT2D eigenvalue weighted by Crippen LogP contribution is 2.24. The Morgan fingerprint density at radius 2 is 2.05 bits per heavy atom. The van der Waals surface area contributed by atoms with Crippen molar-refractivity contribution in [2.24, 2.45) is 0 Å². The van der Waals surface area contributed by atoms with Crippen molar-refractivity contribution in [3.05, 3.63) is 50.7 Å². The lowest BCUT2D eigenvalue weighted by Gasteiger charge is -2.07. The summed E-state index contributed by atoms with van der Waals surface area (Å²) in [6.45, 7) is 1.85. The van der Waals surface area contributed by atoms with E-state index in [0.29, 0.717) is 11.3 Å². The van der Waals surface area contributed by atoms with E-state index in [0.717, 1.165) is 5.56 Å². The molecule has 1 aromatic carbocycles. The van der Waals surface area contributed by atoms with Gasteiger partial charge in [-0.05, 0) is 36.1 Å². The summed E-state index contributed by atoms with van der Waals surface area (Å²) in [6.07, 6.45) is 0. The average Bonchev–Trinajstić information content (AvgIpc) is 2.77. The highest BCUT2D eigenvalue weighted by Gasteiger charge is 2.13. The molecular weight excluding hydrogens is 286 g/mol. The third-order valence-corrected chi connectivity index (χ3v) is 3.74. The Morgan fingerprint density at radius 3 is 2.58 bits per heavy atom. The molecule has 1 amide bonds. The molecule has 6 heteroatoms. The summed E-state index contributed by atoms with van der Waals surface area (Å²) in [4.78, 5) is 22.8. The lowest BCUT2D eigenvalue weighted by molar-refractivity contribution is 0.0696. The maximum Gasteiger partial charge on any atom is 0.335 e. The number of benzene rings is 1. The van der Waals surface area contributed by atoms with Crippen molar-refractivity contribution in [1.82, 2.24) is 0 Å². The van der Waals surface area contributed by atoms with Gasteiger partial charge in [0.2, 0.25) is 0 Å². The molecule has 4 nitrogen and oxygen atoms in total. The summed E-state index contributed by atoms with van der Waals surface area (Å²) < 4.78 is 0. The van der Waals surface area contributed by atoms with Crippen molar-refractivity contribution in [2.45, 2.75) is 6.92 Å². The quantitative estimate of drug-likeness (QED) is 0.908. The van der Waals surface area contributed by atoms with Crippen LogP contribution in [0, 0.1) is 6.92 Å². The van der Waals surface area contributed by atoms with Crippen LogP contribution in [0.2, 0.25) is 5.02 Å². The fraction of sp³-hybridized carbons (Fsp3) is 0.0769. The Morgan fingerprint density at radius 1 is 1.32 bits per heavy atom. The minimum atomic E-state index is -1.06. The SMILES string of the molecule is Cc1cscc1C(=O)Nc1ccc(C(=O)O)cc1Cl. The van der Waals surface area contributed by atoms with E-state index < -0.39 is 5.97 Å². The first-order chi connectivity index (χ1) is 8.99. The number of hydrogen-bond donors (Lipinski definition) is 2. The van der Waals surface area contributed by atoms with Gasteiger partial charge in [-0.1, -0.05) is 11.6 Å². The first kappa shape index (κ1) is 13.6. The Labute approximate surface area is 118 Å². The first-order valence-corrected chi connectivity index (χ1v) is 6.68. The molecule has 1 heterocycles. The number of thiophene rings is 1. The molecule has 0 unspecified atom stereocenters. The second-order valence-electron chi connectivity index (χ2n) is 3.92. The third kappa shape index (κ3) is 2.94. The number of carbonyl (C=O) groups excluding carboxylic acids is 1. The maximum atomic E-state index is 12.0. The Kier molecular flexibility index (Phi) is 3.87. The molecule has 0 bridgehead atoms. The van der Waals surface area contributed by atoms with Crippen LogP contribution in [0.15, 0.2) is 29.0 Å². The minimum Gasteiger partial charge on any atom is -0.478 e. The molecule has 1 aromatic heterocycles. The standard InChI is InChI=1S/C13H10ClNO3S/c1-7-5-19-6-9(7)12(16)15-11-3-2-8(13(17)18)4-10(11)14/h2-6H,1H3,(H,15,16)(H,17,18). The number of aromatic carboxylic acids is 1. The van der Waals surface area contributed by atoms with Crippen LogP contribution in [-0.4, -0.2) is 17.0 Å². The second-order valence-corrected chi connectivity index (χ2v) is 5.07. The zero-order chi connectivity index (χ0) is 14.0. The average molecular weight is 296 g/mol. The van der Waals surface area contributed by atoms with Crippen LogP contribution in [0.4, 0.5) is 5.69 Å². The van der Waals surface area contributed by atoms with Gasteiger partial charge in [0.15, 0.2) is 0 Å². The molecule has 98 valence electrons. The number of aryl methyl sites for hydroxylation is 1. The van der Waals surface area contributed by atoms with Crippen LogP contribution in [0.25, 0.3) is 0 Å². The van der Waals surface area contributed by atoms with Gasteiger partial charge in [0.05, 0.1) is 21.8 Å². The smallest absolute Gasteiger partial charge is 0.335 e. The van der Waals surface area contributed by atoms with E-state index in [2.05, 4.69) is 5.32 Å². The van der Waals surface area contributed by atoms with Gasteiger partial charge in [-0.15, -0.1) is 0 Å². The largest absolute Gasteiger partial charge is 0.478 e. The third-order valence-electron chi connectivity index (χ3n) is 2.56. The summed E-state index contributed by atoms with van der Waals surface area (Å²) in [7, 11) is 0. The molecule has 0 atom stereocenters. The molecule has 0 saturated carbocycles. The molecule has 0 saturated heterocycles. The van der Waals surface area contributed by atoms with Gasteiger partial charge in [0.25, 0.3) is 5.91 Å². The predicted octanol–water partition coefficient (Wildman–Crippen LogP) is 3.66. The second kappa shape index (κ2) is 5.42. The number of amides is 1. The van der Waals surface area contributed by atoms with Crippen molar-refractivity contribution in [2.75, 3.05) is 5.32 Å². The molecule has 0 radical (unpaired) electrons. The summed E-state index contributed by atoms with van der Waals surface area (Å²) >= 11 is 7.39. The molecule has 0 spiro atoms. The number of hydrogen-bond acceptors (Lipinski definition) is 3. The molecule has 19 heavy (non-hydrogen) atoms. The molecule has 0 aliphatic heterocycles. The fourth-order valence-electron chi connectivity index (χ4n) is 1.53. The Balaban J connectivity index is 2.23. The summed E-state index contributed by atoms with van der Waals surface area (Å²) in [5, 5.41) is 15.3. The van der Waals surface area contributed by atoms with Gasteiger partial charge in [0, 0.05) is 5.38 Å². The molecule has 0 aliphatic carbocycles. The van der Waals surface area contributed by atoms with Gasteiger partial charge < -0.3 is 10.4 Å². The molecular formula is C13H10ClNO3S. The van der Waals surface area contributed by atoms with Crippen molar-refractivity contribution in [3.8, 4) is 0 Å². The molecule has 2 rings (SSSR count). The number of nitrogens with one attached hydrogen (secondary N) is 1. The van der Waals surface area contributed by atoms with Crippen molar-refractivity contribution in [3.63, 3.8) is 0 Å². The van der Waals surface area contributed by atoms with E-state index in [1.807, 2.05) is 12.3 Å². The molecule has 0 aliphatic rings. The van der Waals surface area contributed by atoms with Crippen molar-refractivity contribution in [1.29, 1.82) is 0 Å². The highest BCUT2D eigenvalue weighted by molar-refractivity contribution is 7.08. The number of anilines is 1. The Hall–Kier alpha value is -1.85. The van der Waals surface area contributed by atoms with Crippen LogP contribution in [-0.2, 0) is 0 Å². The molecule has 2 aromatic rings. The number of halogens is 1. The monoisotopic (exact) mass is 295 g/mol. The van der Waals surface area contributed by atoms with E-state index in [-0.39, 0.29) is 16.5 Å². The van der Waals surface area contributed by atoms with E-state index in [1.54, 1.807) is 5.38 Å². The lowest BCUT2D eigenvalue weighted by atomic mass is 10.2. The topological polar surface area (TPSA) is 66.4 Å².